The third-order valence-corrected chi connectivity index (χ3v) is 6.48. The molecule has 0 bridgehead atoms. The first-order valence-electron chi connectivity index (χ1n) is 6.82. The molecule has 2 unspecified atom stereocenters. The van der Waals surface area contributed by atoms with Crippen LogP contribution in [0.4, 0.5) is 0 Å². The summed E-state index contributed by atoms with van der Waals surface area (Å²) >= 11 is 1.68. The van der Waals surface area contributed by atoms with Crippen molar-refractivity contribution >= 4 is 21.2 Å². The molecule has 0 aliphatic carbocycles. The van der Waals surface area contributed by atoms with Gasteiger partial charge in [-0.05, 0) is 38.3 Å². The fourth-order valence-corrected chi connectivity index (χ4v) is 5.44. The molecule has 2 rings (SSSR count). The van der Waals surface area contributed by atoms with Gasteiger partial charge in [0.05, 0.1) is 16.5 Å². The molecule has 19 heavy (non-hydrogen) atoms. The van der Waals surface area contributed by atoms with Crippen LogP contribution < -0.4 is 5.32 Å². The number of aromatic nitrogens is 1. The number of hydrogen-bond donors (Lipinski definition) is 1. The van der Waals surface area contributed by atoms with Gasteiger partial charge in [-0.15, -0.1) is 11.3 Å². The Labute approximate surface area is 119 Å². The Balaban J connectivity index is 2.03. The molecule has 4 nitrogen and oxygen atoms in total. The molecule has 1 fully saturated rings. The van der Waals surface area contributed by atoms with Crippen molar-refractivity contribution in [1.29, 1.82) is 0 Å². The van der Waals surface area contributed by atoms with Gasteiger partial charge in [0.15, 0.2) is 9.84 Å². The SMILES string of the molecule is CCNCC(Cc1nc(C)cs1)C1CCS(=O)(=O)C1. The Hall–Kier alpha value is -0.460. The molecule has 108 valence electrons. The van der Waals surface area contributed by atoms with Crippen LogP contribution in [0.1, 0.15) is 24.0 Å². The van der Waals surface area contributed by atoms with Crippen LogP contribution in [0.2, 0.25) is 0 Å². The standard InChI is InChI=1S/C13H22N2O2S2/c1-3-14-7-12(6-13-15-10(2)8-18-13)11-4-5-19(16,17)9-11/h8,11-12,14H,3-7,9H2,1-2H3. The summed E-state index contributed by atoms with van der Waals surface area (Å²) in [5, 5.41) is 6.55. The Morgan fingerprint density at radius 1 is 1.58 bits per heavy atom. The maximum absolute atomic E-state index is 11.6. The van der Waals surface area contributed by atoms with E-state index in [2.05, 4.69) is 22.6 Å². The molecule has 2 atom stereocenters. The van der Waals surface area contributed by atoms with Gasteiger partial charge >= 0.3 is 0 Å². The first-order chi connectivity index (χ1) is 9.00. The van der Waals surface area contributed by atoms with Crippen LogP contribution in [0.25, 0.3) is 0 Å². The number of nitrogens with zero attached hydrogens (tertiary/aromatic N) is 1. The number of thiazole rings is 1. The monoisotopic (exact) mass is 302 g/mol. The van der Waals surface area contributed by atoms with E-state index in [1.54, 1.807) is 11.3 Å². The quantitative estimate of drug-likeness (QED) is 0.868. The molecule has 0 amide bonds. The van der Waals surface area contributed by atoms with Crippen LogP contribution in [0.5, 0.6) is 0 Å². The molecule has 1 aromatic heterocycles. The van der Waals surface area contributed by atoms with E-state index in [4.69, 9.17) is 0 Å². The largest absolute Gasteiger partial charge is 0.317 e. The number of sulfone groups is 1. The minimum absolute atomic E-state index is 0.285. The van der Waals surface area contributed by atoms with Gasteiger partial charge in [-0.2, -0.15) is 0 Å². The van der Waals surface area contributed by atoms with Crippen molar-refractivity contribution in [3.63, 3.8) is 0 Å². The third kappa shape index (κ3) is 4.26. The summed E-state index contributed by atoms with van der Waals surface area (Å²) in [6.45, 7) is 5.89. The lowest BCUT2D eigenvalue weighted by Crippen LogP contribution is -2.30. The highest BCUT2D eigenvalue weighted by Crippen LogP contribution is 2.29. The van der Waals surface area contributed by atoms with Gasteiger partial charge in [-0.1, -0.05) is 6.92 Å². The summed E-state index contributed by atoms with van der Waals surface area (Å²) in [5.41, 5.74) is 1.06. The highest BCUT2D eigenvalue weighted by atomic mass is 32.2. The van der Waals surface area contributed by atoms with Crippen LogP contribution in [0, 0.1) is 18.8 Å². The van der Waals surface area contributed by atoms with E-state index in [1.807, 2.05) is 6.92 Å². The van der Waals surface area contributed by atoms with E-state index in [0.29, 0.717) is 17.4 Å². The lowest BCUT2D eigenvalue weighted by molar-refractivity contribution is 0.345. The van der Waals surface area contributed by atoms with E-state index in [1.165, 1.54) is 0 Å². The predicted molar refractivity (Wildman–Crippen MR) is 79.3 cm³/mol. The average Bonchev–Trinajstić information content (AvgIpc) is 2.90. The Morgan fingerprint density at radius 3 is 2.89 bits per heavy atom. The molecule has 1 N–H and O–H groups in total. The topological polar surface area (TPSA) is 59.1 Å². The second-order valence-electron chi connectivity index (χ2n) is 5.32. The molecule has 1 aromatic rings. The van der Waals surface area contributed by atoms with Crippen LogP contribution >= 0.6 is 11.3 Å². The van der Waals surface area contributed by atoms with Crippen molar-refractivity contribution in [2.45, 2.75) is 26.7 Å². The maximum atomic E-state index is 11.6. The Kier molecular flexibility index (Phi) is 4.97. The maximum Gasteiger partial charge on any atom is 0.150 e. The zero-order valence-corrected chi connectivity index (χ0v) is 13.2. The first kappa shape index (κ1) is 14.9. The van der Waals surface area contributed by atoms with Crippen LogP contribution in [0.15, 0.2) is 5.38 Å². The van der Waals surface area contributed by atoms with Gasteiger partial charge < -0.3 is 5.32 Å². The molecule has 1 aliphatic rings. The number of hydrogen-bond acceptors (Lipinski definition) is 5. The fraction of sp³-hybridized carbons (Fsp3) is 0.769. The van der Waals surface area contributed by atoms with Crippen LogP contribution in [-0.2, 0) is 16.3 Å². The number of nitrogens with one attached hydrogen (secondary N) is 1. The molecule has 0 saturated carbocycles. The molecule has 0 radical (unpaired) electrons. The minimum atomic E-state index is -2.80. The summed E-state index contributed by atoms with van der Waals surface area (Å²) < 4.78 is 23.3. The van der Waals surface area contributed by atoms with Crippen LogP contribution in [0.3, 0.4) is 0 Å². The summed E-state index contributed by atoms with van der Waals surface area (Å²) in [7, 11) is -2.80. The lowest BCUT2D eigenvalue weighted by atomic mass is 9.89. The lowest BCUT2D eigenvalue weighted by Gasteiger charge is -2.21. The van der Waals surface area contributed by atoms with E-state index in [-0.39, 0.29) is 5.92 Å². The van der Waals surface area contributed by atoms with E-state index in [0.717, 1.165) is 36.6 Å². The van der Waals surface area contributed by atoms with E-state index >= 15 is 0 Å². The second kappa shape index (κ2) is 6.33. The van der Waals surface area contributed by atoms with Crippen molar-refractivity contribution in [3.8, 4) is 0 Å². The fourth-order valence-electron chi connectivity index (χ4n) is 2.65. The van der Waals surface area contributed by atoms with Crippen LogP contribution in [-0.4, -0.2) is 38.0 Å². The van der Waals surface area contributed by atoms with Crippen molar-refractivity contribution in [2.24, 2.45) is 11.8 Å². The average molecular weight is 302 g/mol. The highest BCUT2D eigenvalue weighted by molar-refractivity contribution is 7.91. The molecule has 6 heteroatoms. The molecule has 0 spiro atoms. The zero-order chi connectivity index (χ0) is 13.9. The molecule has 0 aromatic carbocycles. The van der Waals surface area contributed by atoms with Gasteiger partial charge in [0.2, 0.25) is 0 Å². The predicted octanol–water partition coefficient (Wildman–Crippen LogP) is 1.65. The summed E-state index contributed by atoms with van der Waals surface area (Å²) in [6, 6.07) is 0. The minimum Gasteiger partial charge on any atom is -0.317 e. The molecular formula is C13H22N2O2S2. The first-order valence-corrected chi connectivity index (χ1v) is 9.52. The normalized spacial score (nSPS) is 23.6. The smallest absolute Gasteiger partial charge is 0.150 e. The van der Waals surface area contributed by atoms with Gasteiger partial charge in [0.1, 0.15) is 0 Å². The van der Waals surface area contributed by atoms with Gasteiger partial charge in [0.25, 0.3) is 0 Å². The number of aryl methyl sites for hydroxylation is 1. The Morgan fingerprint density at radius 2 is 2.37 bits per heavy atom. The molecular weight excluding hydrogens is 280 g/mol. The second-order valence-corrected chi connectivity index (χ2v) is 8.49. The summed E-state index contributed by atoms with van der Waals surface area (Å²) in [5.74, 6) is 1.38. The highest BCUT2D eigenvalue weighted by Gasteiger charge is 2.33. The summed E-state index contributed by atoms with van der Waals surface area (Å²) in [4.78, 5) is 4.51. The molecule has 1 saturated heterocycles. The molecule has 2 heterocycles. The van der Waals surface area contributed by atoms with Crippen molar-refractivity contribution in [2.75, 3.05) is 24.6 Å². The van der Waals surface area contributed by atoms with Gasteiger partial charge in [-0.3, -0.25) is 0 Å². The van der Waals surface area contributed by atoms with E-state index < -0.39 is 9.84 Å². The summed E-state index contributed by atoms with van der Waals surface area (Å²) in [6.07, 6.45) is 1.70. The molecule has 1 aliphatic heterocycles. The van der Waals surface area contributed by atoms with Crippen molar-refractivity contribution in [1.82, 2.24) is 10.3 Å². The Bertz CT molecular complexity index is 510. The third-order valence-electron chi connectivity index (χ3n) is 3.69. The van der Waals surface area contributed by atoms with Crippen molar-refractivity contribution in [3.05, 3.63) is 16.1 Å². The van der Waals surface area contributed by atoms with Crippen molar-refractivity contribution < 1.29 is 8.42 Å². The zero-order valence-electron chi connectivity index (χ0n) is 11.6. The number of rotatable bonds is 6. The van der Waals surface area contributed by atoms with E-state index in [9.17, 15) is 8.42 Å². The van der Waals surface area contributed by atoms with Gasteiger partial charge in [-0.25, -0.2) is 13.4 Å². The van der Waals surface area contributed by atoms with Gasteiger partial charge in [0, 0.05) is 17.5 Å².